The first-order valence-corrected chi connectivity index (χ1v) is 4.92. The maximum absolute atomic E-state index is 13.0. The van der Waals surface area contributed by atoms with E-state index in [2.05, 4.69) is 0 Å². The fourth-order valence-corrected chi connectivity index (χ4v) is 1.42. The summed E-state index contributed by atoms with van der Waals surface area (Å²) in [5.41, 5.74) is 0.821. The Morgan fingerprint density at radius 2 is 2.27 bits per heavy atom. The summed E-state index contributed by atoms with van der Waals surface area (Å²) in [6.45, 7) is 0. The molecule has 1 aromatic rings. The van der Waals surface area contributed by atoms with Gasteiger partial charge in [0.05, 0.1) is 0 Å². The molecule has 0 heterocycles. The molecule has 0 saturated heterocycles. The van der Waals surface area contributed by atoms with Crippen molar-refractivity contribution in [3.05, 3.63) is 29.6 Å². The van der Waals surface area contributed by atoms with Crippen LogP contribution >= 0.6 is 23.4 Å². The van der Waals surface area contributed by atoms with Gasteiger partial charge in [-0.05, 0) is 24.0 Å². The molecule has 0 aromatic heterocycles. The molecular formula is C8H8ClFS. The van der Waals surface area contributed by atoms with Crippen LogP contribution in [0.25, 0.3) is 0 Å². The topological polar surface area (TPSA) is 0 Å². The zero-order valence-corrected chi connectivity index (χ0v) is 7.68. The highest BCUT2D eigenvalue weighted by molar-refractivity contribution is 7.98. The molecule has 0 amide bonds. The van der Waals surface area contributed by atoms with Crippen LogP contribution in [-0.2, 0) is 5.88 Å². The number of halogens is 2. The van der Waals surface area contributed by atoms with Crippen molar-refractivity contribution < 1.29 is 4.39 Å². The molecule has 0 radical (unpaired) electrons. The van der Waals surface area contributed by atoms with Gasteiger partial charge in [-0.2, -0.15) is 0 Å². The van der Waals surface area contributed by atoms with Crippen LogP contribution in [0.1, 0.15) is 5.56 Å². The molecular weight excluding hydrogens is 183 g/mol. The number of alkyl halides is 1. The molecule has 1 aromatic carbocycles. The highest BCUT2D eigenvalue weighted by atomic mass is 35.5. The molecule has 0 bridgehead atoms. The highest BCUT2D eigenvalue weighted by Gasteiger charge is 2.00. The molecule has 60 valence electrons. The van der Waals surface area contributed by atoms with E-state index in [1.807, 2.05) is 12.3 Å². The lowest BCUT2D eigenvalue weighted by molar-refractivity contribution is 0.600. The minimum absolute atomic E-state index is 0.185. The second-order valence-corrected chi connectivity index (χ2v) is 3.22. The highest BCUT2D eigenvalue weighted by Crippen LogP contribution is 2.20. The van der Waals surface area contributed by atoms with Crippen LogP contribution in [0.15, 0.2) is 23.1 Å². The maximum atomic E-state index is 13.0. The minimum Gasteiger partial charge on any atom is -0.206 e. The summed E-state index contributed by atoms with van der Waals surface area (Å²) < 4.78 is 13.0. The summed E-state index contributed by atoms with van der Waals surface area (Å²) in [7, 11) is 0. The van der Waals surface area contributed by atoms with Crippen molar-refractivity contribution in [2.45, 2.75) is 10.8 Å². The Kier molecular flexibility index (Phi) is 3.21. The Hall–Kier alpha value is -0.210. The molecule has 1 rings (SSSR count). The third-order valence-corrected chi connectivity index (χ3v) is 2.45. The van der Waals surface area contributed by atoms with E-state index in [0.29, 0.717) is 10.8 Å². The Balaban J connectivity index is 2.99. The van der Waals surface area contributed by atoms with E-state index in [0.717, 1.165) is 5.56 Å². The van der Waals surface area contributed by atoms with Gasteiger partial charge >= 0.3 is 0 Å². The van der Waals surface area contributed by atoms with E-state index < -0.39 is 0 Å². The Morgan fingerprint density at radius 1 is 1.55 bits per heavy atom. The molecule has 0 fully saturated rings. The second kappa shape index (κ2) is 3.98. The third-order valence-electron chi connectivity index (χ3n) is 1.37. The van der Waals surface area contributed by atoms with Crippen LogP contribution in [0.3, 0.4) is 0 Å². The van der Waals surface area contributed by atoms with Crippen LogP contribution in [0.2, 0.25) is 0 Å². The Morgan fingerprint density at radius 3 is 2.73 bits per heavy atom. The molecule has 0 N–H and O–H groups in total. The number of hydrogen-bond donors (Lipinski definition) is 0. The van der Waals surface area contributed by atoms with Crippen LogP contribution in [0.5, 0.6) is 0 Å². The number of rotatable bonds is 2. The summed E-state index contributed by atoms with van der Waals surface area (Å²) in [5, 5.41) is 0. The van der Waals surface area contributed by atoms with Gasteiger partial charge < -0.3 is 0 Å². The van der Waals surface area contributed by atoms with Crippen molar-refractivity contribution in [2.75, 3.05) is 6.26 Å². The van der Waals surface area contributed by atoms with E-state index in [1.165, 1.54) is 17.8 Å². The van der Waals surface area contributed by atoms with Gasteiger partial charge in [0.15, 0.2) is 0 Å². The van der Waals surface area contributed by atoms with Gasteiger partial charge in [-0.3, -0.25) is 0 Å². The fraction of sp³-hybridized carbons (Fsp3) is 0.250. The van der Waals surface area contributed by atoms with Gasteiger partial charge in [-0.1, -0.05) is 6.07 Å². The lowest BCUT2D eigenvalue weighted by Crippen LogP contribution is -1.83. The monoisotopic (exact) mass is 190 g/mol. The van der Waals surface area contributed by atoms with Crippen molar-refractivity contribution in [2.24, 2.45) is 0 Å². The van der Waals surface area contributed by atoms with Crippen LogP contribution in [0, 0.1) is 5.82 Å². The molecule has 0 atom stereocenters. The summed E-state index contributed by atoms with van der Waals surface area (Å²) in [4.78, 5) is 0.666. The summed E-state index contributed by atoms with van der Waals surface area (Å²) in [6, 6.07) is 5.05. The summed E-state index contributed by atoms with van der Waals surface area (Å²) in [5.74, 6) is 0.182. The molecule has 3 heteroatoms. The van der Waals surface area contributed by atoms with E-state index >= 15 is 0 Å². The molecule has 0 aliphatic rings. The number of hydrogen-bond acceptors (Lipinski definition) is 1. The lowest BCUT2D eigenvalue weighted by Gasteiger charge is -1.99. The molecule has 0 aliphatic carbocycles. The quantitative estimate of drug-likeness (QED) is 0.510. The van der Waals surface area contributed by atoms with Crippen molar-refractivity contribution in [3.8, 4) is 0 Å². The first kappa shape index (κ1) is 8.88. The van der Waals surface area contributed by atoms with E-state index in [-0.39, 0.29) is 5.82 Å². The predicted octanol–water partition coefficient (Wildman–Crippen LogP) is 3.29. The number of thioether (sulfide) groups is 1. The average molecular weight is 191 g/mol. The van der Waals surface area contributed by atoms with Gasteiger partial charge in [0.2, 0.25) is 0 Å². The van der Waals surface area contributed by atoms with Crippen molar-refractivity contribution >= 4 is 23.4 Å². The van der Waals surface area contributed by atoms with Gasteiger partial charge in [0.1, 0.15) is 5.82 Å². The summed E-state index contributed by atoms with van der Waals surface area (Å²) >= 11 is 6.92. The normalized spacial score (nSPS) is 10.1. The Bertz CT molecular complexity index is 250. The standard InChI is InChI=1S/C8H8ClFS/c1-11-8-3-2-6(5-9)4-7(8)10/h2-4H,5H2,1H3. The predicted molar refractivity (Wildman–Crippen MR) is 47.7 cm³/mol. The van der Waals surface area contributed by atoms with Crippen LogP contribution in [0.4, 0.5) is 4.39 Å². The molecule has 0 nitrogen and oxygen atoms in total. The Labute approximate surface area is 74.8 Å². The lowest BCUT2D eigenvalue weighted by atomic mass is 10.2. The van der Waals surface area contributed by atoms with Gasteiger partial charge in [-0.15, -0.1) is 23.4 Å². The van der Waals surface area contributed by atoms with E-state index in [9.17, 15) is 4.39 Å². The summed E-state index contributed by atoms with van der Waals surface area (Å²) in [6.07, 6.45) is 1.85. The molecule has 0 aliphatic heterocycles. The van der Waals surface area contributed by atoms with Gasteiger partial charge in [-0.25, -0.2) is 4.39 Å². The second-order valence-electron chi connectivity index (χ2n) is 2.10. The smallest absolute Gasteiger partial charge is 0.137 e. The molecule has 0 unspecified atom stereocenters. The first-order chi connectivity index (χ1) is 5.27. The SMILES string of the molecule is CSc1ccc(CCl)cc1F. The van der Waals surface area contributed by atoms with Gasteiger partial charge in [0.25, 0.3) is 0 Å². The van der Waals surface area contributed by atoms with E-state index in [1.54, 1.807) is 6.07 Å². The average Bonchev–Trinajstić information content (AvgIpc) is 2.04. The third kappa shape index (κ3) is 2.11. The molecule has 0 spiro atoms. The maximum Gasteiger partial charge on any atom is 0.137 e. The molecule has 11 heavy (non-hydrogen) atoms. The first-order valence-electron chi connectivity index (χ1n) is 3.16. The zero-order chi connectivity index (χ0) is 8.27. The van der Waals surface area contributed by atoms with Crippen LogP contribution < -0.4 is 0 Å². The zero-order valence-electron chi connectivity index (χ0n) is 6.10. The van der Waals surface area contributed by atoms with Crippen LogP contribution in [-0.4, -0.2) is 6.26 Å². The van der Waals surface area contributed by atoms with Crippen molar-refractivity contribution in [1.82, 2.24) is 0 Å². The number of benzene rings is 1. The van der Waals surface area contributed by atoms with Crippen molar-refractivity contribution in [3.63, 3.8) is 0 Å². The minimum atomic E-state index is -0.185. The van der Waals surface area contributed by atoms with Gasteiger partial charge in [0, 0.05) is 10.8 Å². The molecule has 0 saturated carbocycles. The largest absolute Gasteiger partial charge is 0.206 e. The fourth-order valence-electron chi connectivity index (χ4n) is 0.793. The van der Waals surface area contributed by atoms with Crippen molar-refractivity contribution in [1.29, 1.82) is 0 Å². The van der Waals surface area contributed by atoms with E-state index in [4.69, 9.17) is 11.6 Å².